The second kappa shape index (κ2) is 7.28. The van der Waals surface area contributed by atoms with Crippen molar-refractivity contribution in [2.75, 3.05) is 38.6 Å². The molecule has 102 valence electrons. The van der Waals surface area contributed by atoms with Gasteiger partial charge >= 0.3 is 0 Å². The molecular formula is C13H25N5. The summed E-state index contributed by atoms with van der Waals surface area (Å²) in [5.41, 5.74) is 6.61. The summed E-state index contributed by atoms with van der Waals surface area (Å²) in [5.74, 6) is 1.51. The third kappa shape index (κ3) is 4.58. The Hall–Kier alpha value is -1.20. The number of hydrogen-bond acceptors (Lipinski definition) is 5. The van der Waals surface area contributed by atoms with Crippen molar-refractivity contribution in [3.05, 3.63) is 18.1 Å². The van der Waals surface area contributed by atoms with E-state index in [2.05, 4.69) is 47.7 Å². The van der Waals surface area contributed by atoms with Crippen LogP contribution in [0.3, 0.4) is 0 Å². The van der Waals surface area contributed by atoms with Crippen LogP contribution in [0.2, 0.25) is 0 Å². The molecule has 0 bridgehead atoms. The minimum Gasteiger partial charge on any atom is -0.354 e. The highest BCUT2D eigenvalue weighted by molar-refractivity contribution is 5.43. The van der Waals surface area contributed by atoms with E-state index in [1.807, 2.05) is 0 Å². The van der Waals surface area contributed by atoms with Gasteiger partial charge in [0.2, 0.25) is 0 Å². The maximum absolute atomic E-state index is 5.74. The summed E-state index contributed by atoms with van der Waals surface area (Å²) < 4.78 is 0. The molecule has 0 amide bonds. The van der Waals surface area contributed by atoms with Gasteiger partial charge in [-0.2, -0.15) is 0 Å². The number of nitrogens with zero attached hydrogens (tertiary/aromatic N) is 4. The molecule has 0 aliphatic heterocycles. The number of nitrogens with two attached hydrogens (primary N) is 1. The van der Waals surface area contributed by atoms with Gasteiger partial charge < -0.3 is 15.5 Å². The normalized spacial score (nSPS) is 11.3. The molecule has 5 heteroatoms. The van der Waals surface area contributed by atoms with E-state index in [4.69, 9.17) is 5.73 Å². The van der Waals surface area contributed by atoms with Crippen LogP contribution in [0.5, 0.6) is 0 Å². The minimum absolute atomic E-state index is 0.430. The van der Waals surface area contributed by atoms with Crippen LogP contribution >= 0.6 is 0 Å². The van der Waals surface area contributed by atoms with Crippen LogP contribution in [0.25, 0.3) is 0 Å². The molecule has 1 aromatic heterocycles. The molecule has 0 unspecified atom stereocenters. The van der Waals surface area contributed by atoms with Gasteiger partial charge in [-0.05, 0) is 20.0 Å². The van der Waals surface area contributed by atoms with E-state index in [-0.39, 0.29) is 0 Å². The average molecular weight is 251 g/mol. The van der Waals surface area contributed by atoms with E-state index in [9.17, 15) is 0 Å². The molecule has 18 heavy (non-hydrogen) atoms. The predicted molar refractivity (Wildman–Crippen MR) is 75.5 cm³/mol. The Balaban J connectivity index is 2.86. The second-order valence-electron chi connectivity index (χ2n) is 5.17. The lowest BCUT2D eigenvalue weighted by atomic mass is 10.2. The smallest absolute Gasteiger partial charge is 0.151 e. The molecule has 0 spiro atoms. The number of rotatable bonds is 7. The summed E-state index contributed by atoms with van der Waals surface area (Å²) in [7, 11) is 4.15. The maximum Gasteiger partial charge on any atom is 0.151 e. The van der Waals surface area contributed by atoms with Crippen LogP contribution in [0.15, 0.2) is 12.4 Å². The van der Waals surface area contributed by atoms with Gasteiger partial charge in [-0.3, -0.25) is 4.98 Å². The van der Waals surface area contributed by atoms with Crippen molar-refractivity contribution >= 4 is 5.82 Å². The van der Waals surface area contributed by atoms with E-state index in [1.54, 1.807) is 12.4 Å². The summed E-state index contributed by atoms with van der Waals surface area (Å²) in [5, 5.41) is 0. The minimum atomic E-state index is 0.430. The SMILES string of the molecule is CC(C)CN(CCN(C)C)c1nccnc1CN. The summed E-state index contributed by atoms with van der Waals surface area (Å²) >= 11 is 0. The second-order valence-corrected chi connectivity index (χ2v) is 5.17. The molecule has 0 atom stereocenters. The predicted octanol–water partition coefficient (Wildman–Crippen LogP) is 0.959. The Kier molecular flexibility index (Phi) is 6.01. The molecule has 0 saturated heterocycles. The first-order chi connectivity index (χ1) is 8.54. The van der Waals surface area contributed by atoms with E-state index in [1.165, 1.54) is 0 Å². The summed E-state index contributed by atoms with van der Waals surface area (Å²) in [6, 6.07) is 0. The van der Waals surface area contributed by atoms with Gasteiger partial charge in [0.15, 0.2) is 5.82 Å². The molecule has 0 fully saturated rings. The van der Waals surface area contributed by atoms with Crippen LogP contribution in [-0.4, -0.2) is 48.6 Å². The van der Waals surface area contributed by atoms with Crippen LogP contribution in [0, 0.1) is 5.92 Å². The van der Waals surface area contributed by atoms with Crippen molar-refractivity contribution < 1.29 is 0 Å². The Labute approximate surface area is 110 Å². The van der Waals surface area contributed by atoms with Gasteiger partial charge in [0.25, 0.3) is 0 Å². The lowest BCUT2D eigenvalue weighted by Gasteiger charge is -2.28. The third-order valence-corrected chi connectivity index (χ3v) is 2.65. The van der Waals surface area contributed by atoms with Gasteiger partial charge in [-0.25, -0.2) is 4.98 Å². The van der Waals surface area contributed by atoms with E-state index in [0.717, 1.165) is 31.1 Å². The van der Waals surface area contributed by atoms with Crippen molar-refractivity contribution in [1.82, 2.24) is 14.9 Å². The summed E-state index contributed by atoms with van der Waals surface area (Å²) in [6.07, 6.45) is 3.43. The number of aromatic nitrogens is 2. The fourth-order valence-electron chi connectivity index (χ4n) is 1.81. The Bertz CT molecular complexity index is 351. The molecule has 1 heterocycles. The van der Waals surface area contributed by atoms with Gasteiger partial charge in [0.05, 0.1) is 5.69 Å². The monoisotopic (exact) mass is 251 g/mol. The Morgan fingerprint density at radius 2 is 1.83 bits per heavy atom. The Morgan fingerprint density at radius 1 is 1.17 bits per heavy atom. The highest BCUT2D eigenvalue weighted by Gasteiger charge is 2.14. The van der Waals surface area contributed by atoms with Crippen LogP contribution in [0.4, 0.5) is 5.82 Å². The molecule has 2 N–H and O–H groups in total. The molecule has 5 nitrogen and oxygen atoms in total. The Morgan fingerprint density at radius 3 is 2.39 bits per heavy atom. The fraction of sp³-hybridized carbons (Fsp3) is 0.692. The zero-order chi connectivity index (χ0) is 13.5. The maximum atomic E-state index is 5.74. The molecule has 0 aliphatic rings. The van der Waals surface area contributed by atoms with Gasteiger partial charge in [-0.1, -0.05) is 13.8 Å². The zero-order valence-electron chi connectivity index (χ0n) is 11.9. The fourth-order valence-corrected chi connectivity index (χ4v) is 1.81. The average Bonchev–Trinajstić information content (AvgIpc) is 2.33. The van der Waals surface area contributed by atoms with Crippen molar-refractivity contribution in [3.8, 4) is 0 Å². The highest BCUT2D eigenvalue weighted by atomic mass is 15.2. The van der Waals surface area contributed by atoms with E-state index >= 15 is 0 Å². The van der Waals surface area contributed by atoms with Gasteiger partial charge in [0, 0.05) is 38.6 Å². The number of likely N-dealkylation sites (N-methyl/N-ethyl adjacent to an activating group) is 1. The largest absolute Gasteiger partial charge is 0.354 e. The first kappa shape index (κ1) is 14.9. The lowest BCUT2D eigenvalue weighted by Crippen LogP contribution is -2.36. The van der Waals surface area contributed by atoms with Gasteiger partial charge in [-0.15, -0.1) is 0 Å². The number of hydrogen-bond donors (Lipinski definition) is 1. The molecule has 1 aromatic rings. The first-order valence-electron chi connectivity index (χ1n) is 6.44. The lowest BCUT2D eigenvalue weighted by molar-refractivity contribution is 0.408. The number of anilines is 1. The van der Waals surface area contributed by atoms with Crippen molar-refractivity contribution in [1.29, 1.82) is 0 Å². The van der Waals surface area contributed by atoms with Crippen molar-refractivity contribution in [2.45, 2.75) is 20.4 Å². The van der Waals surface area contributed by atoms with E-state index < -0.39 is 0 Å². The summed E-state index contributed by atoms with van der Waals surface area (Å²) in [4.78, 5) is 13.2. The molecule has 0 saturated carbocycles. The van der Waals surface area contributed by atoms with Crippen LogP contribution < -0.4 is 10.6 Å². The van der Waals surface area contributed by atoms with E-state index in [0.29, 0.717) is 12.5 Å². The summed E-state index contributed by atoms with van der Waals surface area (Å²) in [6.45, 7) is 7.76. The van der Waals surface area contributed by atoms with Gasteiger partial charge in [0.1, 0.15) is 0 Å². The first-order valence-corrected chi connectivity index (χ1v) is 6.44. The third-order valence-electron chi connectivity index (χ3n) is 2.65. The molecule has 0 aromatic carbocycles. The highest BCUT2D eigenvalue weighted by Crippen LogP contribution is 2.15. The van der Waals surface area contributed by atoms with Crippen LogP contribution in [-0.2, 0) is 6.54 Å². The quantitative estimate of drug-likeness (QED) is 0.782. The van der Waals surface area contributed by atoms with Crippen molar-refractivity contribution in [3.63, 3.8) is 0 Å². The molecule has 1 rings (SSSR count). The van der Waals surface area contributed by atoms with Crippen molar-refractivity contribution in [2.24, 2.45) is 11.7 Å². The standard InChI is InChI=1S/C13H25N5/c1-11(2)10-18(8-7-17(3)4)13-12(9-14)15-5-6-16-13/h5-6,11H,7-10,14H2,1-4H3. The molecule has 0 radical (unpaired) electrons. The van der Waals surface area contributed by atoms with Crippen LogP contribution in [0.1, 0.15) is 19.5 Å². The molecule has 0 aliphatic carbocycles. The molecular weight excluding hydrogens is 226 g/mol. The zero-order valence-corrected chi connectivity index (χ0v) is 11.9. The topological polar surface area (TPSA) is 58.3 Å².